The lowest BCUT2D eigenvalue weighted by atomic mass is 10.2. The molecule has 0 aliphatic heterocycles. The fourth-order valence-corrected chi connectivity index (χ4v) is 2.50. The van der Waals surface area contributed by atoms with Crippen molar-refractivity contribution in [3.8, 4) is 11.2 Å². The van der Waals surface area contributed by atoms with Gasteiger partial charge in [-0.2, -0.15) is 5.26 Å². The van der Waals surface area contributed by atoms with Crippen LogP contribution in [0.25, 0.3) is 0 Å². The molecular weight excluding hydrogens is 398 g/mol. The van der Waals surface area contributed by atoms with Gasteiger partial charge in [0.1, 0.15) is 17.8 Å². The van der Waals surface area contributed by atoms with Gasteiger partial charge in [-0.05, 0) is 36.4 Å². The molecule has 0 saturated heterocycles. The number of nitrogens with zero attached hydrogens (tertiary/aromatic N) is 1. The third-order valence-corrected chi connectivity index (χ3v) is 4.09. The van der Waals surface area contributed by atoms with Gasteiger partial charge in [-0.3, -0.25) is 4.79 Å². The first-order valence-corrected chi connectivity index (χ1v) is 10.2. The van der Waals surface area contributed by atoms with Gasteiger partial charge in [-0.15, -0.1) is 0 Å². The van der Waals surface area contributed by atoms with E-state index in [2.05, 4.69) is 5.32 Å². The zero-order valence-corrected chi connectivity index (χ0v) is 17.2. The van der Waals surface area contributed by atoms with Crippen LogP contribution in [0, 0.1) is 10.7 Å². The number of thioether (sulfide) groups is 1. The van der Waals surface area contributed by atoms with Gasteiger partial charge < -0.3 is 35.1 Å². The Hall–Kier alpha value is -1.87. The van der Waals surface area contributed by atoms with Gasteiger partial charge in [0.25, 0.3) is 5.91 Å². The van der Waals surface area contributed by atoms with Crippen LogP contribution >= 0.6 is 11.8 Å². The van der Waals surface area contributed by atoms with E-state index in [1.54, 1.807) is 24.3 Å². The van der Waals surface area contributed by atoms with Crippen LogP contribution in [0.4, 0.5) is 0 Å². The molecule has 0 heterocycles. The van der Waals surface area contributed by atoms with Crippen molar-refractivity contribution in [2.24, 2.45) is 5.73 Å². The Morgan fingerprint density at radius 2 is 2.00 bits per heavy atom. The fourth-order valence-electron chi connectivity index (χ4n) is 2.08. The van der Waals surface area contributed by atoms with Gasteiger partial charge in [0.15, 0.2) is 5.44 Å². The van der Waals surface area contributed by atoms with Gasteiger partial charge in [0, 0.05) is 31.9 Å². The van der Waals surface area contributed by atoms with E-state index in [9.17, 15) is 4.79 Å². The average molecular weight is 428 g/mol. The van der Waals surface area contributed by atoms with Crippen molar-refractivity contribution in [2.75, 3.05) is 59.3 Å². The van der Waals surface area contributed by atoms with E-state index in [-0.39, 0.29) is 19.1 Å². The van der Waals surface area contributed by atoms with Gasteiger partial charge >= 0.3 is 0 Å². The minimum atomic E-state index is -0.487. The number of nitrogens with one attached hydrogen (secondary N) is 1. The highest BCUT2D eigenvalue weighted by Crippen LogP contribution is 2.17. The van der Waals surface area contributed by atoms with Crippen LogP contribution in [0.3, 0.4) is 0 Å². The number of nitriles is 1. The van der Waals surface area contributed by atoms with Crippen LogP contribution in [0.2, 0.25) is 0 Å². The quantitative estimate of drug-likeness (QED) is 0.187. The number of hydrogen-bond acceptors (Lipinski definition) is 9. The van der Waals surface area contributed by atoms with Crippen molar-refractivity contribution in [3.05, 3.63) is 29.8 Å². The number of hydrogen-bond donors (Lipinski definition) is 3. The summed E-state index contributed by atoms with van der Waals surface area (Å²) in [6, 6.07) is 6.76. The van der Waals surface area contributed by atoms with E-state index in [1.165, 1.54) is 0 Å². The number of benzene rings is 1. The predicted molar refractivity (Wildman–Crippen MR) is 110 cm³/mol. The van der Waals surface area contributed by atoms with Crippen molar-refractivity contribution in [2.45, 2.75) is 11.9 Å². The molecule has 0 aliphatic carbocycles. The van der Waals surface area contributed by atoms with Crippen molar-refractivity contribution in [1.82, 2.24) is 5.32 Å². The third kappa shape index (κ3) is 12.3. The zero-order chi connectivity index (χ0) is 21.2. The van der Waals surface area contributed by atoms with E-state index in [4.69, 9.17) is 35.0 Å². The van der Waals surface area contributed by atoms with E-state index < -0.39 is 5.44 Å². The zero-order valence-electron chi connectivity index (χ0n) is 16.4. The summed E-state index contributed by atoms with van der Waals surface area (Å²) in [6.45, 7) is 3.09. The SMILES string of the molecule is N#CSC(COc1cccc(C(=O)NCCN)c1)OCCOCCOCCCO. The summed E-state index contributed by atoms with van der Waals surface area (Å²) in [5.41, 5.74) is 5.36. The molecule has 0 fully saturated rings. The van der Waals surface area contributed by atoms with Crippen molar-refractivity contribution in [1.29, 1.82) is 5.26 Å². The number of carbonyl (C=O) groups excluding carboxylic acids is 1. The summed E-state index contributed by atoms with van der Waals surface area (Å²) in [5, 5.41) is 22.2. The summed E-state index contributed by atoms with van der Waals surface area (Å²) in [4.78, 5) is 12.0. The highest BCUT2D eigenvalue weighted by atomic mass is 32.2. The van der Waals surface area contributed by atoms with Gasteiger partial charge in [0.05, 0.1) is 26.4 Å². The molecule has 0 spiro atoms. The minimum absolute atomic E-state index is 0.112. The number of nitrogens with two attached hydrogens (primary N) is 1. The largest absolute Gasteiger partial charge is 0.490 e. The van der Waals surface area contributed by atoms with E-state index >= 15 is 0 Å². The first-order chi connectivity index (χ1) is 14.2. The predicted octanol–water partition coefficient (Wildman–Crippen LogP) is 0.726. The molecule has 4 N–H and O–H groups in total. The number of aliphatic hydroxyl groups excluding tert-OH is 1. The normalized spacial score (nSPS) is 11.6. The summed E-state index contributed by atoms with van der Waals surface area (Å²) in [5.74, 6) is 0.284. The molecule has 1 aromatic rings. The lowest BCUT2D eigenvalue weighted by molar-refractivity contribution is 0.000153. The number of aliphatic hydroxyl groups is 1. The van der Waals surface area contributed by atoms with Gasteiger partial charge in [-0.1, -0.05) is 6.07 Å². The number of amides is 1. The maximum atomic E-state index is 12.0. The summed E-state index contributed by atoms with van der Waals surface area (Å²) < 4.78 is 21.9. The molecule has 0 saturated carbocycles. The third-order valence-electron chi connectivity index (χ3n) is 3.45. The monoisotopic (exact) mass is 427 g/mol. The molecule has 0 aliphatic rings. The number of thiocyanates is 1. The summed E-state index contributed by atoms with van der Waals surface area (Å²) >= 11 is 0.956. The molecular formula is C19H29N3O6S. The molecule has 1 amide bonds. The molecule has 1 unspecified atom stereocenters. The first-order valence-electron chi connectivity index (χ1n) is 9.35. The van der Waals surface area contributed by atoms with Crippen molar-refractivity contribution >= 4 is 17.7 Å². The maximum Gasteiger partial charge on any atom is 0.251 e. The molecule has 1 rings (SSSR count). The van der Waals surface area contributed by atoms with E-state index in [0.717, 1.165) is 11.8 Å². The Kier molecular flexibility index (Phi) is 14.8. The molecule has 1 aromatic carbocycles. The Morgan fingerprint density at radius 3 is 2.72 bits per heavy atom. The second-order valence-electron chi connectivity index (χ2n) is 5.69. The van der Waals surface area contributed by atoms with Gasteiger partial charge in [-0.25, -0.2) is 0 Å². The van der Waals surface area contributed by atoms with Crippen LogP contribution in [-0.4, -0.2) is 75.8 Å². The van der Waals surface area contributed by atoms with Crippen molar-refractivity contribution in [3.63, 3.8) is 0 Å². The summed E-state index contributed by atoms with van der Waals surface area (Å²) in [7, 11) is 0. The smallest absolute Gasteiger partial charge is 0.251 e. The van der Waals surface area contributed by atoms with Crippen LogP contribution in [0.5, 0.6) is 5.75 Å². The molecule has 0 aromatic heterocycles. The van der Waals surface area contributed by atoms with E-state index in [1.807, 2.05) is 5.40 Å². The highest BCUT2D eigenvalue weighted by molar-refractivity contribution is 8.04. The number of ether oxygens (including phenoxy) is 4. The van der Waals surface area contributed by atoms with Crippen molar-refractivity contribution < 1.29 is 28.8 Å². The molecule has 0 bridgehead atoms. The lowest BCUT2D eigenvalue weighted by Crippen LogP contribution is -2.29. The lowest BCUT2D eigenvalue weighted by Gasteiger charge is -2.16. The molecule has 162 valence electrons. The average Bonchev–Trinajstić information content (AvgIpc) is 2.74. The van der Waals surface area contributed by atoms with Crippen LogP contribution in [0.15, 0.2) is 24.3 Å². The highest BCUT2D eigenvalue weighted by Gasteiger charge is 2.12. The number of carbonyl (C=O) groups is 1. The first kappa shape index (κ1) is 25.2. The molecule has 1 atom stereocenters. The minimum Gasteiger partial charge on any atom is -0.490 e. The number of rotatable bonds is 17. The Balaban J connectivity index is 2.30. The molecule has 0 radical (unpaired) electrons. The van der Waals surface area contributed by atoms with E-state index in [0.29, 0.717) is 63.9 Å². The second kappa shape index (κ2) is 17.0. The Morgan fingerprint density at radius 1 is 1.24 bits per heavy atom. The molecule has 10 heteroatoms. The maximum absolute atomic E-state index is 12.0. The molecule has 29 heavy (non-hydrogen) atoms. The second-order valence-corrected chi connectivity index (χ2v) is 6.64. The topological polar surface area (TPSA) is 136 Å². The molecule has 9 nitrogen and oxygen atoms in total. The van der Waals surface area contributed by atoms with Crippen LogP contribution < -0.4 is 15.8 Å². The van der Waals surface area contributed by atoms with Gasteiger partial charge in [0.2, 0.25) is 0 Å². The Labute approximate surface area is 175 Å². The fraction of sp³-hybridized carbons (Fsp3) is 0.579. The standard InChI is InChI=1S/C19H29N3O6S/c20-5-6-22-19(24)16-3-1-4-17(13-16)28-14-18(29-15-21)27-12-11-26-10-9-25-8-2-7-23/h1,3-4,13,18,23H,2,5-12,14,20H2,(H,22,24). The Bertz CT molecular complexity index is 614. The van der Waals surface area contributed by atoms with Crippen LogP contribution in [0.1, 0.15) is 16.8 Å². The summed E-state index contributed by atoms with van der Waals surface area (Å²) in [6.07, 6.45) is 0.609. The van der Waals surface area contributed by atoms with Crippen LogP contribution in [-0.2, 0) is 14.2 Å².